The van der Waals surface area contributed by atoms with E-state index in [4.69, 9.17) is 14.2 Å². The standard InChI is InChI=1S/C37H47N3O3/c1-23-5-7-26(8-6-23)19-40-20-28(38-39-40)22-41-29-10-12-30-27(17-29)9-11-32-31(30)14-15-36(4)33(32)18-34-35(36)25(3)37(43-34)16-13-24(2)21-42-37/h5-8,10,12,17,20,24-25,31-35H,9,11,13-16,18-19,21-22H2,1-4H3/t24-,25+,31-,32-,33+,34+,35+,36+,37-/m1/s1. The van der Waals surface area contributed by atoms with Crippen molar-refractivity contribution in [3.05, 3.63) is 76.6 Å². The Balaban J connectivity index is 0.927. The van der Waals surface area contributed by atoms with E-state index in [9.17, 15) is 0 Å². The Bertz CT molecular complexity index is 1470. The summed E-state index contributed by atoms with van der Waals surface area (Å²) in [6.45, 7) is 11.5. The largest absolute Gasteiger partial charge is 0.487 e. The molecule has 1 spiro atoms. The lowest BCUT2D eigenvalue weighted by Gasteiger charge is -2.52. The molecule has 2 saturated heterocycles. The normalized spacial score (nSPS) is 37.9. The predicted octanol–water partition coefficient (Wildman–Crippen LogP) is 7.47. The number of rotatable bonds is 5. The molecule has 0 N–H and O–H groups in total. The number of hydrogen-bond donors (Lipinski definition) is 0. The zero-order chi connectivity index (χ0) is 29.3. The summed E-state index contributed by atoms with van der Waals surface area (Å²) in [7, 11) is 0. The van der Waals surface area contributed by atoms with E-state index in [0.717, 1.165) is 49.3 Å². The van der Waals surface area contributed by atoms with E-state index in [2.05, 4.69) is 80.5 Å². The van der Waals surface area contributed by atoms with Gasteiger partial charge in [0.25, 0.3) is 0 Å². The van der Waals surface area contributed by atoms with Crippen LogP contribution in [0, 0.1) is 41.9 Å². The zero-order valence-electron chi connectivity index (χ0n) is 26.3. The van der Waals surface area contributed by atoms with Crippen LogP contribution in [0.25, 0.3) is 0 Å². The van der Waals surface area contributed by atoms with Gasteiger partial charge in [0, 0.05) is 12.3 Å². The summed E-state index contributed by atoms with van der Waals surface area (Å²) < 4.78 is 21.6. The molecule has 0 amide bonds. The van der Waals surface area contributed by atoms with Gasteiger partial charge in [-0.1, -0.05) is 61.9 Å². The third-order valence-corrected chi connectivity index (χ3v) is 12.4. The highest BCUT2D eigenvalue weighted by atomic mass is 16.7. The van der Waals surface area contributed by atoms with Crippen LogP contribution in [0.4, 0.5) is 0 Å². The molecular weight excluding hydrogens is 534 g/mol. The molecule has 43 heavy (non-hydrogen) atoms. The van der Waals surface area contributed by atoms with Gasteiger partial charge in [0.2, 0.25) is 0 Å². The van der Waals surface area contributed by atoms with Gasteiger partial charge in [0.05, 0.1) is 25.5 Å². The average Bonchev–Trinajstić information content (AvgIpc) is 3.66. The van der Waals surface area contributed by atoms with E-state index in [0.29, 0.717) is 41.8 Å². The summed E-state index contributed by atoms with van der Waals surface area (Å²) in [5, 5.41) is 8.67. The zero-order valence-corrected chi connectivity index (χ0v) is 26.3. The van der Waals surface area contributed by atoms with Gasteiger partial charge in [0.15, 0.2) is 5.79 Å². The molecule has 0 bridgehead atoms. The first-order valence-corrected chi connectivity index (χ1v) is 16.8. The lowest BCUT2D eigenvalue weighted by molar-refractivity contribution is -0.272. The average molecular weight is 582 g/mol. The van der Waals surface area contributed by atoms with Crippen LogP contribution < -0.4 is 4.74 Å². The third kappa shape index (κ3) is 4.66. The van der Waals surface area contributed by atoms with Gasteiger partial charge < -0.3 is 14.2 Å². The maximum atomic E-state index is 6.95. The van der Waals surface area contributed by atoms with Crippen molar-refractivity contribution in [1.29, 1.82) is 0 Å². The Morgan fingerprint density at radius 3 is 2.72 bits per heavy atom. The van der Waals surface area contributed by atoms with Crippen LogP contribution in [0.1, 0.15) is 93.2 Å². The van der Waals surface area contributed by atoms with Crippen molar-refractivity contribution in [3.8, 4) is 5.75 Å². The second-order valence-electron chi connectivity index (χ2n) is 15.0. The first-order valence-electron chi connectivity index (χ1n) is 16.8. The number of ether oxygens (including phenoxy) is 3. The summed E-state index contributed by atoms with van der Waals surface area (Å²) in [5.41, 5.74) is 6.76. The Morgan fingerprint density at radius 2 is 1.91 bits per heavy atom. The van der Waals surface area contributed by atoms with Crippen LogP contribution >= 0.6 is 0 Å². The highest BCUT2D eigenvalue weighted by molar-refractivity contribution is 5.41. The van der Waals surface area contributed by atoms with E-state index in [1.165, 1.54) is 48.8 Å². The van der Waals surface area contributed by atoms with E-state index in [-0.39, 0.29) is 5.79 Å². The molecule has 0 unspecified atom stereocenters. The molecule has 0 radical (unpaired) electrons. The molecule has 2 saturated carbocycles. The van der Waals surface area contributed by atoms with E-state index >= 15 is 0 Å². The summed E-state index contributed by atoms with van der Waals surface area (Å²) >= 11 is 0. The van der Waals surface area contributed by atoms with Crippen molar-refractivity contribution in [3.63, 3.8) is 0 Å². The fourth-order valence-electron chi connectivity index (χ4n) is 10.2. The van der Waals surface area contributed by atoms with Crippen LogP contribution in [0.3, 0.4) is 0 Å². The Hall–Kier alpha value is -2.70. The Kier molecular flexibility index (Phi) is 6.76. The molecule has 2 aliphatic heterocycles. The number of hydrogen-bond acceptors (Lipinski definition) is 5. The van der Waals surface area contributed by atoms with Crippen LogP contribution in [-0.4, -0.2) is 33.5 Å². The second-order valence-corrected chi connectivity index (χ2v) is 15.0. The third-order valence-electron chi connectivity index (χ3n) is 12.4. The van der Waals surface area contributed by atoms with Gasteiger partial charge in [-0.15, -0.1) is 5.10 Å². The molecule has 3 aromatic rings. The number of fused-ring (bicyclic) bond motifs is 7. The van der Waals surface area contributed by atoms with Crippen molar-refractivity contribution in [2.45, 2.75) is 104 Å². The van der Waals surface area contributed by atoms with E-state index < -0.39 is 0 Å². The predicted molar refractivity (Wildman–Crippen MR) is 166 cm³/mol. The Labute approximate surface area is 256 Å². The maximum absolute atomic E-state index is 6.95. The smallest absolute Gasteiger partial charge is 0.171 e. The maximum Gasteiger partial charge on any atom is 0.171 e. The van der Waals surface area contributed by atoms with Crippen LogP contribution in [0.2, 0.25) is 0 Å². The molecular formula is C37H47N3O3. The van der Waals surface area contributed by atoms with Gasteiger partial charge in [-0.25, -0.2) is 4.68 Å². The van der Waals surface area contributed by atoms with Crippen molar-refractivity contribution in [2.24, 2.45) is 35.0 Å². The van der Waals surface area contributed by atoms with Gasteiger partial charge in [0.1, 0.15) is 18.1 Å². The van der Waals surface area contributed by atoms with Gasteiger partial charge >= 0.3 is 0 Å². The minimum absolute atomic E-state index is 0.322. The minimum atomic E-state index is -0.322. The number of benzene rings is 2. The summed E-state index contributed by atoms with van der Waals surface area (Å²) in [6, 6.07) is 15.4. The highest BCUT2D eigenvalue weighted by Gasteiger charge is 2.67. The number of aromatic nitrogens is 3. The molecule has 3 heterocycles. The first-order chi connectivity index (χ1) is 20.8. The topological polar surface area (TPSA) is 58.4 Å². The van der Waals surface area contributed by atoms with Gasteiger partial charge in [-0.05, 0) is 109 Å². The monoisotopic (exact) mass is 581 g/mol. The molecule has 5 aliphatic rings. The summed E-state index contributed by atoms with van der Waals surface area (Å²) in [5.74, 6) is 4.54. The van der Waals surface area contributed by atoms with E-state index in [1.807, 2.05) is 10.9 Å². The summed E-state index contributed by atoms with van der Waals surface area (Å²) in [4.78, 5) is 0. The molecule has 1 aromatic heterocycles. The lowest BCUT2D eigenvalue weighted by atomic mass is 9.53. The molecule has 6 heteroatoms. The van der Waals surface area contributed by atoms with Crippen molar-refractivity contribution in [2.75, 3.05) is 6.61 Å². The highest BCUT2D eigenvalue weighted by Crippen LogP contribution is 2.69. The van der Waals surface area contributed by atoms with Gasteiger partial charge in [-0.2, -0.15) is 0 Å². The molecule has 8 rings (SSSR count). The minimum Gasteiger partial charge on any atom is -0.487 e. The second kappa shape index (κ2) is 10.4. The lowest BCUT2D eigenvalue weighted by Crippen LogP contribution is -2.48. The fraction of sp³-hybridized carbons (Fsp3) is 0.622. The molecule has 228 valence electrons. The fourth-order valence-corrected chi connectivity index (χ4v) is 10.2. The van der Waals surface area contributed by atoms with E-state index in [1.54, 1.807) is 5.56 Å². The van der Waals surface area contributed by atoms with Crippen molar-refractivity contribution < 1.29 is 14.2 Å². The van der Waals surface area contributed by atoms with Crippen molar-refractivity contribution in [1.82, 2.24) is 15.0 Å². The summed E-state index contributed by atoms with van der Waals surface area (Å²) in [6.07, 6.45) is 10.9. The molecule has 4 fully saturated rings. The number of nitrogens with zero attached hydrogens (tertiary/aromatic N) is 3. The number of aryl methyl sites for hydroxylation is 2. The Morgan fingerprint density at radius 1 is 1.05 bits per heavy atom. The van der Waals surface area contributed by atoms with Crippen LogP contribution in [-0.2, 0) is 29.0 Å². The SMILES string of the molecule is Cc1ccc(Cn2cc(COc3ccc4c(c3)CC[C@@H]3[C@@H]4CC[C@]4(C)[C@@H]5[C@H](C[C@@H]34)O[C@]3(CC[C@@H](C)CO3)[C@H]5C)nn2)cc1. The molecule has 2 aromatic carbocycles. The van der Waals surface area contributed by atoms with Crippen molar-refractivity contribution >= 4 is 0 Å². The van der Waals surface area contributed by atoms with Gasteiger partial charge in [-0.3, -0.25) is 0 Å². The van der Waals surface area contributed by atoms with Crippen LogP contribution in [0.15, 0.2) is 48.7 Å². The molecule has 3 aliphatic carbocycles. The molecule has 9 atom stereocenters. The quantitative estimate of drug-likeness (QED) is 0.313. The molecule has 6 nitrogen and oxygen atoms in total. The first kappa shape index (κ1) is 27.8. The van der Waals surface area contributed by atoms with Crippen LogP contribution in [0.5, 0.6) is 5.75 Å².